The van der Waals surface area contributed by atoms with E-state index in [1.54, 1.807) is 12.1 Å². The normalized spacial score (nSPS) is 21.4. The minimum Gasteiger partial charge on any atom is -0.504 e. The molecule has 24 heavy (non-hydrogen) atoms. The van der Waals surface area contributed by atoms with Gasteiger partial charge in [-0.3, -0.25) is 9.69 Å². The van der Waals surface area contributed by atoms with Crippen molar-refractivity contribution < 1.29 is 14.6 Å². The van der Waals surface area contributed by atoms with Crippen LogP contribution in [0.2, 0.25) is 0 Å². The van der Waals surface area contributed by atoms with Crippen LogP contribution in [0.5, 0.6) is 11.5 Å². The highest BCUT2D eigenvalue weighted by molar-refractivity contribution is 5.70. The minimum absolute atomic E-state index is 0.0543. The maximum atomic E-state index is 11.1. The first-order valence-corrected chi connectivity index (χ1v) is 9.11. The van der Waals surface area contributed by atoms with Crippen LogP contribution in [0, 0.1) is 5.92 Å². The predicted octanol–water partition coefficient (Wildman–Crippen LogP) is 2.84. The van der Waals surface area contributed by atoms with Crippen molar-refractivity contribution in [1.82, 2.24) is 10.2 Å². The number of carbonyl (C=O) groups is 1. The summed E-state index contributed by atoms with van der Waals surface area (Å²) in [6.07, 6.45) is 6.43. The number of nitrogens with one attached hydrogen (secondary N) is 1. The molecular formula is C19H28N2O3. The van der Waals surface area contributed by atoms with Crippen molar-refractivity contribution in [2.24, 2.45) is 5.92 Å². The summed E-state index contributed by atoms with van der Waals surface area (Å²) < 4.78 is 5.06. The molecule has 1 saturated heterocycles. The zero-order chi connectivity index (χ0) is 16.9. The third-order valence-corrected chi connectivity index (χ3v) is 5.22. The molecule has 1 aliphatic carbocycles. The van der Waals surface area contributed by atoms with Gasteiger partial charge in [-0.05, 0) is 36.5 Å². The SMILES string of the molecule is CC(=O)Oc1ccc([C@H](C2CCCCC2)N2CCNCC2)cc1O. The summed E-state index contributed by atoms with van der Waals surface area (Å²) >= 11 is 0. The van der Waals surface area contributed by atoms with E-state index >= 15 is 0 Å². The highest BCUT2D eigenvalue weighted by Crippen LogP contribution is 2.40. The van der Waals surface area contributed by atoms with E-state index in [9.17, 15) is 9.90 Å². The predicted molar refractivity (Wildman–Crippen MR) is 93.2 cm³/mol. The Morgan fingerprint density at radius 3 is 2.58 bits per heavy atom. The molecule has 132 valence electrons. The van der Waals surface area contributed by atoms with Crippen molar-refractivity contribution in [3.8, 4) is 11.5 Å². The number of carbonyl (C=O) groups excluding carboxylic acids is 1. The van der Waals surface area contributed by atoms with Gasteiger partial charge in [-0.2, -0.15) is 0 Å². The summed E-state index contributed by atoms with van der Waals surface area (Å²) in [5.41, 5.74) is 1.14. The third kappa shape index (κ3) is 4.08. The molecule has 1 aromatic carbocycles. The second-order valence-electron chi connectivity index (χ2n) is 6.95. The van der Waals surface area contributed by atoms with Gasteiger partial charge in [0.05, 0.1) is 0 Å². The number of benzene rings is 1. The van der Waals surface area contributed by atoms with Crippen molar-refractivity contribution >= 4 is 5.97 Å². The number of phenols is 1. The average Bonchev–Trinajstić information content (AvgIpc) is 2.59. The maximum absolute atomic E-state index is 11.1. The molecule has 1 atom stereocenters. The largest absolute Gasteiger partial charge is 0.504 e. The highest BCUT2D eigenvalue weighted by atomic mass is 16.5. The Balaban J connectivity index is 1.86. The van der Waals surface area contributed by atoms with Gasteiger partial charge in [0.25, 0.3) is 0 Å². The van der Waals surface area contributed by atoms with Gasteiger partial charge in [-0.25, -0.2) is 0 Å². The number of rotatable bonds is 4. The molecule has 3 rings (SSSR count). The van der Waals surface area contributed by atoms with E-state index in [2.05, 4.69) is 10.2 Å². The Labute approximate surface area is 144 Å². The summed E-state index contributed by atoms with van der Waals surface area (Å²) in [5.74, 6) is 0.521. The van der Waals surface area contributed by atoms with Crippen LogP contribution < -0.4 is 10.1 Å². The Bertz CT molecular complexity index is 546. The molecule has 0 spiro atoms. The van der Waals surface area contributed by atoms with E-state index < -0.39 is 5.97 Å². The summed E-state index contributed by atoms with van der Waals surface area (Å²) in [5, 5.41) is 13.7. The van der Waals surface area contributed by atoms with Gasteiger partial charge in [0, 0.05) is 39.1 Å². The third-order valence-electron chi connectivity index (χ3n) is 5.22. The maximum Gasteiger partial charge on any atom is 0.308 e. The first kappa shape index (κ1) is 17.2. The number of ether oxygens (including phenoxy) is 1. The molecule has 0 amide bonds. The van der Waals surface area contributed by atoms with Gasteiger partial charge in [0.1, 0.15) is 0 Å². The van der Waals surface area contributed by atoms with Crippen LogP contribution in [0.3, 0.4) is 0 Å². The monoisotopic (exact) mass is 332 g/mol. The molecule has 0 aromatic heterocycles. The van der Waals surface area contributed by atoms with Crippen molar-refractivity contribution in [1.29, 1.82) is 0 Å². The van der Waals surface area contributed by atoms with Gasteiger partial charge in [-0.1, -0.05) is 25.3 Å². The van der Waals surface area contributed by atoms with Gasteiger partial charge in [0.2, 0.25) is 0 Å². The van der Waals surface area contributed by atoms with Crippen LogP contribution in [0.4, 0.5) is 0 Å². The lowest BCUT2D eigenvalue weighted by Crippen LogP contribution is -2.47. The number of piperazine rings is 1. The van der Waals surface area contributed by atoms with Crippen LogP contribution in [0.15, 0.2) is 18.2 Å². The summed E-state index contributed by atoms with van der Waals surface area (Å²) in [4.78, 5) is 13.7. The lowest BCUT2D eigenvalue weighted by molar-refractivity contribution is -0.132. The fourth-order valence-corrected chi connectivity index (χ4v) is 4.15. The molecule has 1 aromatic rings. The van der Waals surface area contributed by atoms with Crippen molar-refractivity contribution in [3.05, 3.63) is 23.8 Å². The second kappa shape index (κ2) is 7.99. The van der Waals surface area contributed by atoms with Crippen molar-refractivity contribution in [2.45, 2.75) is 45.1 Å². The number of hydrogen-bond acceptors (Lipinski definition) is 5. The van der Waals surface area contributed by atoms with Crippen LogP contribution in [-0.2, 0) is 4.79 Å². The Hall–Kier alpha value is -1.59. The zero-order valence-electron chi connectivity index (χ0n) is 14.5. The smallest absolute Gasteiger partial charge is 0.308 e. The fraction of sp³-hybridized carbons (Fsp3) is 0.632. The molecule has 2 N–H and O–H groups in total. The Kier molecular flexibility index (Phi) is 5.74. The fourth-order valence-electron chi connectivity index (χ4n) is 4.15. The number of phenolic OH excluding ortho intramolecular Hbond substituents is 1. The number of aromatic hydroxyl groups is 1. The van der Waals surface area contributed by atoms with E-state index in [1.165, 1.54) is 39.0 Å². The summed E-state index contributed by atoms with van der Waals surface area (Å²) in [7, 11) is 0. The molecule has 5 heteroatoms. The van der Waals surface area contributed by atoms with E-state index in [-0.39, 0.29) is 11.5 Å². The summed E-state index contributed by atoms with van der Waals surface area (Å²) in [6.45, 7) is 5.45. The van der Waals surface area contributed by atoms with Crippen LogP contribution in [0.1, 0.15) is 50.6 Å². The summed E-state index contributed by atoms with van der Waals surface area (Å²) in [6, 6.07) is 5.87. The van der Waals surface area contributed by atoms with Crippen LogP contribution in [-0.4, -0.2) is 42.2 Å². The van der Waals surface area contributed by atoms with Crippen LogP contribution in [0.25, 0.3) is 0 Å². The van der Waals surface area contributed by atoms with Crippen LogP contribution >= 0.6 is 0 Å². The average molecular weight is 332 g/mol. The van der Waals surface area contributed by atoms with Crippen molar-refractivity contribution in [3.63, 3.8) is 0 Å². The molecule has 0 unspecified atom stereocenters. The number of nitrogens with zero attached hydrogens (tertiary/aromatic N) is 1. The molecule has 2 aliphatic rings. The first-order chi connectivity index (χ1) is 11.6. The molecular weight excluding hydrogens is 304 g/mol. The zero-order valence-corrected chi connectivity index (χ0v) is 14.5. The van der Waals surface area contributed by atoms with E-state index in [0.29, 0.717) is 12.0 Å². The van der Waals surface area contributed by atoms with Gasteiger partial charge in [0.15, 0.2) is 11.5 Å². The molecule has 5 nitrogen and oxygen atoms in total. The number of hydrogen-bond donors (Lipinski definition) is 2. The topological polar surface area (TPSA) is 61.8 Å². The Morgan fingerprint density at radius 1 is 1.25 bits per heavy atom. The second-order valence-corrected chi connectivity index (χ2v) is 6.95. The van der Waals surface area contributed by atoms with E-state index in [1.807, 2.05) is 6.07 Å². The molecule has 0 radical (unpaired) electrons. The number of esters is 1. The van der Waals surface area contributed by atoms with Gasteiger partial charge in [-0.15, -0.1) is 0 Å². The highest BCUT2D eigenvalue weighted by Gasteiger charge is 2.31. The van der Waals surface area contributed by atoms with E-state index in [4.69, 9.17) is 4.74 Å². The minimum atomic E-state index is -0.413. The lowest BCUT2D eigenvalue weighted by atomic mass is 9.80. The van der Waals surface area contributed by atoms with Gasteiger partial charge >= 0.3 is 5.97 Å². The molecule has 2 fully saturated rings. The first-order valence-electron chi connectivity index (χ1n) is 9.11. The van der Waals surface area contributed by atoms with E-state index in [0.717, 1.165) is 31.7 Å². The molecule has 1 saturated carbocycles. The molecule has 1 aliphatic heterocycles. The standard InChI is InChI=1S/C19H28N2O3/c1-14(22)24-18-8-7-16(13-17(18)23)19(15-5-3-2-4-6-15)21-11-9-20-10-12-21/h7-8,13,15,19-20,23H,2-6,9-12H2,1H3/t19-/m0/s1. The van der Waals surface area contributed by atoms with Crippen molar-refractivity contribution in [2.75, 3.05) is 26.2 Å². The molecule has 0 bridgehead atoms. The lowest BCUT2D eigenvalue weighted by Gasteiger charge is -2.41. The van der Waals surface area contributed by atoms with Gasteiger partial charge < -0.3 is 15.2 Å². The molecule has 1 heterocycles. The Morgan fingerprint density at radius 2 is 1.96 bits per heavy atom. The quantitative estimate of drug-likeness (QED) is 0.656.